The third kappa shape index (κ3) is 5.34. The topological polar surface area (TPSA) is 105 Å². The third-order valence-electron chi connectivity index (χ3n) is 5.06. The Bertz CT molecular complexity index is 966. The van der Waals surface area contributed by atoms with Gasteiger partial charge >= 0.3 is 0 Å². The van der Waals surface area contributed by atoms with Crippen LogP contribution in [0.1, 0.15) is 30.9 Å². The van der Waals surface area contributed by atoms with Crippen LogP contribution in [-0.4, -0.2) is 34.2 Å². The summed E-state index contributed by atoms with van der Waals surface area (Å²) in [7, 11) is 0. The molecule has 2 aromatic rings. The molecule has 0 radical (unpaired) electrons. The first kappa shape index (κ1) is 21.7. The minimum Gasteiger partial charge on any atom is -0.338 e. The maximum absolute atomic E-state index is 12.5. The van der Waals surface area contributed by atoms with Gasteiger partial charge in [0.15, 0.2) is 0 Å². The van der Waals surface area contributed by atoms with Crippen molar-refractivity contribution >= 4 is 34.8 Å². The van der Waals surface area contributed by atoms with Crippen molar-refractivity contribution in [2.75, 3.05) is 11.9 Å². The van der Waals surface area contributed by atoms with Gasteiger partial charge in [0, 0.05) is 38.2 Å². The first-order valence-corrected chi connectivity index (χ1v) is 10.1. The Hall–Kier alpha value is -2.97. The van der Waals surface area contributed by atoms with Crippen LogP contribution >= 0.6 is 11.6 Å². The van der Waals surface area contributed by atoms with Gasteiger partial charge in [-0.1, -0.05) is 35.9 Å². The van der Waals surface area contributed by atoms with E-state index in [0.717, 1.165) is 24.1 Å². The molecule has 1 atom stereocenters. The van der Waals surface area contributed by atoms with Crippen LogP contribution in [0.2, 0.25) is 5.02 Å². The van der Waals surface area contributed by atoms with Gasteiger partial charge in [0.25, 0.3) is 5.69 Å². The molecule has 2 N–H and O–H groups in total. The second-order valence-electron chi connectivity index (χ2n) is 7.20. The van der Waals surface area contributed by atoms with Crippen LogP contribution in [0.25, 0.3) is 0 Å². The number of nitro benzene ring substituents is 1. The van der Waals surface area contributed by atoms with Crippen molar-refractivity contribution in [2.24, 2.45) is 0 Å². The van der Waals surface area contributed by atoms with Gasteiger partial charge in [-0.25, -0.2) is 0 Å². The van der Waals surface area contributed by atoms with E-state index < -0.39 is 11.0 Å². The number of hydrogen-bond donors (Lipinski definition) is 2. The van der Waals surface area contributed by atoms with Crippen molar-refractivity contribution < 1.29 is 14.5 Å². The number of nitrogens with zero attached hydrogens (tertiary/aromatic N) is 2. The zero-order valence-electron chi connectivity index (χ0n) is 16.6. The Kier molecular flexibility index (Phi) is 7.02. The third-order valence-corrected chi connectivity index (χ3v) is 5.38. The average Bonchev–Trinajstić information content (AvgIpc) is 3.12. The van der Waals surface area contributed by atoms with E-state index in [1.54, 1.807) is 6.92 Å². The number of nitro groups is 1. The van der Waals surface area contributed by atoms with Crippen LogP contribution in [0.5, 0.6) is 0 Å². The number of carbonyl (C=O) groups excluding carboxylic acids is 2. The van der Waals surface area contributed by atoms with Gasteiger partial charge in [-0.2, -0.15) is 0 Å². The number of halogens is 1. The number of non-ortho nitro benzene ring substituents is 1. The van der Waals surface area contributed by atoms with E-state index in [1.165, 1.54) is 18.2 Å². The van der Waals surface area contributed by atoms with Gasteiger partial charge in [0.05, 0.1) is 21.7 Å². The summed E-state index contributed by atoms with van der Waals surface area (Å²) in [6.07, 6.45) is 1.49. The Morgan fingerprint density at radius 1 is 1.27 bits per heavy atom. The number of amides is 2. The van der Waals surface area contributed by atoms with Crippen molar-refractivity contribution in [3.8, 4) is 0 Å². The molecule has 0 aliphatic carbocycles. The Morgan fingerprint density at radius 3 is 2.63 bits per heavy atom. The molecule has 9 heteroatoms. The molecule has 0 spiro atoms. The van der Waals surface area contributed by atoms with E-state index in [-0.39, 0.29) is 22.5 Å². The van der Waals surface area contributed by atoms with Crippen LogP contribution < -0.4 is 10.6 Å². The van der Waals surface area contributed by atoms with Gasteiger partial charge in [-0.05, 0) is 30.5 Å². The second kappa shape index (κ2) is 9.69. The lowest BCUT2D eigenvalue weighted by molar-refractivity contribution is -0.384. The Morgan fingerprint density at radius 2 is 2.00 bits per heavy atom. The number of likely N-dealkylation sites (tertiary alicyclic amines) is 1. The highest BCUT2D eigenvalue weighted by Crippen LogP contribution is 2.26. The fraction of sp³-hybridized carbons (Fsp3) is 0.333. The van der Waals surface area contributed by atoms with E-state index in [4.69, 9.17) is 11.6 Å². The minimum atomic E-state index is -0.547. The van der Waals surface area contributed by atoms with Crippen molar-refractivity contribution in [2.45, 2.75) is 38.9 Å². The predicted octanol–water partition coefficient (Wildman–Crippen LogP) is 3.49. The molecule has 1 aliphatic rings. The molecular weight excluding hydrogens is 408 g/mol. The number of hydrogen-bond acceptors (Lipinski definition) is 5. The molecule has 8 nitrogen and oxygen atoms in total. The second-order valence-corrected chi connectivity index (χ2v) is 7.61. The Balaban J connectivity index is 1.59. The zero-order valence-corrected chi connectivity index (χ0v) is 17.3. The summed E-state index contributed by atoms with van der Waals surface area (Å²) < 4.78 is 0. The van der Waals surface area contributed by atoms with E-state index >= 15 is 0 Å². The average molecular weight is 431 g/mol. The monoisotopic (exact) mass is 430 g/mol. The molecule has 158 valence electrons. The lowest BCUT2D eigenvalue weighted by Gasteiger charge is -2.20. The van der Waals surface area contributed by atoms with Crippen LogP contribution in [0, 0.1) is 10.1 Å². The van der Waals surface area contributed by atoms with Crippen LogP contribution in [-0.2, 0) is 22.7 Å². The first-order chi connectivity index (χ1) is 14.3. The van der Waals surface area contributed by atoms with Crippen molar-refractivity contribution in [1.29, 1.82) is 0 Å². The largest absolute Gasteiger partial charge is 0.338 e. The lowest BCUT2D eigenvalue weighted by Crippen LogP contribution is -2.38. The SMILES string of the molecule is CC(NCc1ccccc1CN1CCCC1=O)C(=O)Nc1ccc([N+](=O)[O-])cc1Cl. The summed E-state index contributed by atoms with van der Waals surface area (Å²) in [4.78, 5) is 36.5. The summed E-state index contributed by atoms with van der Waals surface area (Å²) in [6.45, 7) is 3.52. The van der Waals surface area contributed by atoms with E-state index in [0.29, 0.717) is 25.2 Å². The fourth-order valence-electron chi connectivity index (χ4n) is 3.28. The van der Waals surface area contributed by atoms with E-state index in [1.807, 2.05) is 29.2 Å². The molecule has 0 bridgehead atoms. The molecular formula is C21H23ClN4O4. The van der Waals surface area contributed by atoms with Crippen molar-refractivity contribution in [1.82, 2.24) is 10.2 Å². The summed E-state index contributed by atoms with van der Waals surface area (Å²) in [6, 6.07) is 11.2. The van der Waals surface area contributed by atoms with Gasteiger partial charge in [-0.3, -0.25) is 19.7 Å². The molecule has 0 saturated carbocycles. The minimum absolute atomic E-state index is 0.102. The molecule has 1 heterocycles. The molecule has 2 amide bonds. The number of rotatable bonds is 8. The lowest BCUT2D eigenvalue weighted by atomic mass is 10.1. The quantitative estimate of drug-likeness (QED) is 0.492. The number of anilines is 1. The normalized spacial score (nSPS) is 14.6. The maximum atomic E-state index is 12.5. The molecule has 2 aromatic carbocycles. The van der Waals surface area contributed by atoms with Crippen molar-refractivity contribution in [3.05, 3.63) is 68.7 Å². The van der Waals surface area contributed by atoms with E-state index in [9.17, 15) is 19.7 Å². The summed E-state index contributed by atoms with van der Waals surface area (Å²) in [5.41, 5.74) is 2.24. The molecule has 1 saturated heterocycles. The highest BCUT2D eigenvalue weighted by molar-refractivity contribution is 6.34. The van der Waals surface area contributed by atoms with Gasteiger partial charge in [0.1, 0.15) is 0 Å². The molecule has 0 aromatic heterocycles. The van der Waals surface area contributed by atoms with E-state index in [2.05, 4.69) is 10.6 Å². The van der Waals surface area contributed by atoms with Crippen LogP contribution in [0.3, 0.4) is 0 Å². The molecule has 3 rings (SSSR count). The summed E-state index contributed by atoms with van der Waals surface area (Å²) in [5.74, 6) is -0.136. The molecule has 1 aliphatic heterocycles. The number of nitrogens with one attached hydrogen (secondary N) is 2. The van der Waals surface area contributed by atoms with Gasteiger partial charge in [0.2, 0.25) is 11.8 Å². The standard InChI is InChI=1S/C21H23ClN4O4/c1-14(21(28)24-19-9-8-17(26(29)30)11-18(19)22)23-12-15-5-2-3-6-16(15)13-25-10-4-7-20(25)27/h2-3,5-6,8-9,11,14,23H,4,7,10,12-13H2,1H3,(H,24,28). The molecule has 1 fully saturated rings. The Labute approximate surface area is 179 Å². The van der Waals surface area contributed by atoms with Crippen LogP contribution in [0.4, 0.5) is 11.4 Å². The van der Waals surface area contributed by atoms with Gasteiger partial charge < -0.3 is 15.5 Å². The first-order valence-electron chi connectivity index (χ1n) is 9.68. The number of benzene rings is 2. The highest BCUT2D eigenvalue weighted by Gasteiger charge is 2.21. The molecule has 30 heavy (non-hydrogen) atoms. The predicted molar refractivity (Wildman–Crippen MR) is 114 cm³/mol. The summed E-state index contributed by atoms with van der Waals surface area (Å²) in [5, 5.41) is 16.8. The summed E-state index contributed by atoms with van der Waals surface area (Å²) >= 11 is 6.04. The van der Waals surface area contributed by atoms with Crippen molar-refractivity contribution in [3.63, 3.8) is 0 Å². The van der Waals surface area contributed by atoms with Crippen LogP contribution in [0.15, 0.2) is 42.5 Å². The highest BCUT2D eigenvalue weighted by atomic mass is 35.5. The fourth-order valence-corrected chi connectivity index (χ4v) is 3.50. The number of carbonyl (C=O) groups is 2. The molecule has 1 unspecified atom stereocenters. The van der Waals surface area contributed by atoms with Gasteiger partial charge in [-0.15, -0.1) is 0 Å². The maximum Gasteiger partial charge on any atom is 0.271 e. The zero-order chi connectivity index (χ0) is 21.7. The smallest absolute Gasteiger partial charge is 0.271 e.